The highest BCUT2D eigenvalue weighted by Gasteiger charge is 2.45. The van der Waals surface area contributed by atoms with Crippen molar-refractivity contribution in [2.45, 2.75) is 38.6 Å². The van der Waals surface area contributed by atoms with Crippen LogP contribution in [0.15, 0.2) is 60.9 Å². The lowest BCUT2D eigenvalue weighted by Gasteiger charge is -2.27. The number of hydrogen-bond acceptors (Lipinski definition) is 6. The number of alkyl halides is 3. The van der Waals surface area contributed by atoms with Crippen LogP contribution in [0.25, 0.3) is 17.1 Å². The number of anilines is 1. The Bertz CT molecular complexity index is 1480. The van der Waals surface area contributed by atoms with Crippen LogP contribution >= 0.6 is 12.2 Å². The molecule has 1 aliphatic carbocycles. The van der Waals surface area contributed by atoms with Crippen LogP contribution in [0.1, 0.15) is 29.2 Å². The van der Waals surface area contributed by atoms with E-state index in [1.807, 2.05) is 49.1 Å². The summed E-state index contributed by atoms with van der Waals surface area (Å²) in [5.74, 6) is 0.973. The molecule has 0 radical (unpaired) electrons. The zero-order valence-corrected chi connectivity index (χ0v) is 22.1. The van der Waals surface area contributed by atoms with Crippen molar-refractivity contribution in [1.82, 2.24) is 19.7 Å². The summed E-state index contributed by atoms with van der Waals surface area (Å²) < 4.78 is 47.9. The average Bonchev–Trinajstić information content (AvgIpc) is 3.50. The van der Waals surface area contributed by atoms with Gasteiger partial charge in [-0.3, -0.25) is 0 Å². The van der Waals surface area contributed by atoms with Crippen LogP contribution in [-0.2, 0) is 0 Å². The van der Waals surface area contributed by atoms with Crippen LogP contribution in [0.2, 0.25) is 0 Å². The molecule has 1 fully saturated rings. The highest BCUT2D eigenvalue weighted by molar-refractivity contribution is 7.80. The molecule has 202 valence electrons. The Morgan fingerprint density at radius 2 is 1.79 bits per heavy atom. The molecule has 0 spiro atoms. The molecule has 0 saturated heterocycles. The first-order valence-corrected chi connectivity index (χ1v) is 12.4. The fraction of sp³-hybridized carbons (Fsp3) is 0.259. The summed E-state index contributed by atoms with van der Waals surface area (Å²) in [6.07, 6.45) is -2.34. The van der Waals surface area contributed by atoms with Gasteiger partial charge < -0.3 is 20.1 Å². The molecular weight excluding hydrogens is 529 g/mol. The summed E-state index contributed by atoms with van der Waals surface area (Å²) in [6, 6.07) is 15.4. The number of nitrogens with two attached hydrogens (primary N) is 1. The molecule has 2 aromatic carbocycles. The van der Waals surface area contributed by atoms with Crippen molar-refractivity contribution in [2.24, 2.45) is 5.73 Å². The van der Waals surface area contributed by atoms with Crippen LogP contribution in [0.4, 0.5) is 18.9 Å². The van der Waals surface area contributed by atoms with E-state index in [4.69, 9.17) is 22.7 Å². The Morgan fingerprint density at radius 3 is 2.38 bits per heavy atom. The van der Waals surface area contributed by atoms with Gasteiger partial charge in [-0.1, -0.05) is 24.3 Å². The summed E-state index contributed by atoms with van der Waals surface area (Å²) in [7, 11) is 1.58. The Kier molecular flexibility index (Phi) is 6.89. The number of halogens is 3. The summed E-state index contributed by atoms with van der Waals surface area (Å²) >= 11 is 5.43. The number of aromatic nitrogens is 4. The highest BCUT2D eigenvalue weighted by atomic mass is 32.1. The first-order valence-electron chi connectivity index (χ1n) is 12.0. The van der Waals surface area contributed by atoms with E-state index >= 15 is 0 Å². The Labute approximate surface area is 228 Å². The standard InChI is InChI=1S/C27H25F3N6O2S/c1-15-12-23(37-3)33-16(2)24(15)36(26(31)39)22-13-21(22)17-4-6-18(7-5-17)25-32-14-35(34-25)19-8-10-20(11-9-19)38-27(28,29)30/h4-12,14,21-22H,13H2,1-3H3,(H2,31,39). The normalized spacial score (nSPS) is 16.6. The minimum Gasteiger partial charge on any atom is -0.481 e. The third kappa shape index (κ3) is 5.65. The molecule has 2 unspecified atom stereocenters. The molecule has 0 bridgehead atoms. The quantitative estimate of drug-likeness (QED) is 0.301. The number of hydrogen-bond donors (Lipinski definition) is 1. The van der Waals surface area contributed by atoms with Crippen LogP contribution < -0.4 is 20.1 Å². The van der Waals surface area contributed by atoms with Crippen molar-refractivity contribution in [1.29, 1.82) is 0 Å². The molecule has 0 aliphatic heterocycles. The number of rotatable bonds is 7. The van der Waals surface area contributed by atoms with E-state index < -0.39 is 6.36 Å². The summed E-state index contributed by atoms with van der Waals surface area (Å²) in [6.45, 7) is 3.90. The number of ether oxygens (including phenoxy) is 2. The topological polar surface area (TPSA) is 91.3 Å². The summed E-state index contributed by atoms with van der Waals surface area (Å²) in [5.41, 5.74) is 11.4. The van der Waals surface area contributed by atoms with Gasteiger partial charge in [-0.25, -0.2) is 14.6 Å². The van der Waals surface area contributed by atoms with Crippen LogP contribution in [0.3, 0.4) is 0 Å². The van der Waals surface area contributed by atoms with Crippen LogP contribution in [0.5, 0.6) is 11.6 Å². The van der Waals surface area contributed by atoms with Gasteiger partial charge in [0, 0.05) is 23.6 Å². The maximum atomic E-state index is 12.4. The van der Waals surface area contributed by atoms with Gasteiger partial charge in [-0.15, -0.1) is 18.3 Å². The fourth-order valence-corrected chi connectivity index (χ4v) is 4.95. The first kappa shape index (κ1) is 26.4. The zero-order chi connectivity index (χ0) is 27.9. The van der Waals surface area contributed by atoms with Crippen LogP contribution in [0, 0.1) is 13.8 Å². The number of benzene rings is 2. The van der Waals surface area contributed by atoms with Gasteiger partial charge in [0.2, 0.25) is 5.88 Å². The molecule has 8 nitrogen and oxygen atoms in total. The number of thiocarbonyl (C=S) groups is 1. The highest BCUT2D eigenvalue weighted by Crippen LogP contribution is 2.47. The average molecular weight is 555 g/mol. The summed E-state index contributed by atoms with van der Waals surface area (Å²) in [4.78, 5) is 10.8. The molecule has 2 atom stereocenters. The molecule has 2 heterocycles. The van der Waals surface area contributed by atoms with E-state index in [-0.39, 0.29) is 17.7 Å². The monoisotopic (exact) mass is 554 g/mol. The lowest BCUT2D eigenvalue weighted by atomic mass is 10.1. The minimum atomic E-state index is -4.74. The maximum absolute atomic E-state index is 12.4. The molecule has 1 saturated carbocycles. The second-order valence-corrected chi connectivity index (χ2v) is 9.63. The van der Waals surface area contributed by atoms with Crippen molar-refractivity contribution in [3.8, 4) is 28.7 Å². The lowest BCUT2D eigenvalue weighted by molar-refractivity contribution is -0.274. The Hall–Kier alpha value is -4.19. The number of pyridine rings is 1. The summed E-state index contributed by atoms with van der Waals surface area (Å²) in [5, 5.41) is 4.76. The van der Waals surface area contributed by atoms with E-state index in [0.717, 1.165) is 34.5 Å². The molecular formula is C27H25F3N6O2S. The van der Waals surface area contributed by atoms with Crippen molar-refractivity contribution >= 4 is 23.0 Å². The maximum Gasteiger partial charge on any atom is 0.573 e. The molecule has 39 heavy (non-hydrogen) atoms. The van der Waals surface area contributed by atoms with Gasteiger partial charge in [0.05, 0.1) is 24.2 Å². The molecule has 2 aromatic heterocycles. The second kappa shape index (κ2) is 10.2. The fourth-order valence-electron chi connectivity index (χ4n) is 4.72. The van der Waals surface area contributed by atoms with Crippen molar-refractivity contribution < 1.29 is 22.6 Å². The zero-order valence-electron chi connectivity index (χ0n) is 21.3. The smallest absolute Gasteiger partial charge is 0.481 e. The molecule has 12 heteroatoms. The molecule has 0 amide bonds. The van der Waals surface area contributed by atoms with Crippen LogP contribution in [-0.4, -0.2) is 44.4 Å². The van der Waals surface area contributed by atoms with E-state index in [1.54, 1.807) is 7.11 Å². The third-order valence-corrected chi connectivity index (χ3v) is 6.73. The van der Waals surface area contributed by atoms with Gasteiger partial charge in [0.1, 0.15) is 12.1 Å². The number of nitrogens with zero attached hydrogens (tertiary/aromatic N) is 5. The lowest BCUT2D eigenvalue weighted by Crippen LogP contribution is -2.39. The van der Waals surface area contributed by atoms with Gasteiger partial charge in [0.25, 0.3) is 0 Å². The molecule has 2 N–H and O–H groups in total. The Morgan fingerprint density at radius 1 is 1.10 bits per heavy atom. The van der Waals surface area contributed by atoms with E-state index in [0.29, 0.717) is 22.5 Å². The minimum absolute atomic E-state index is 0.113. The van der Waals surface area contributed by atoms with Gasteiger partial charge >= 0.3 is 6.36 Å². The SMILES string of the molecule is COc1cc(C)c(N(C(N)=S)C2CC2c2ccc(-c3ncn(-c4ccc(OC(F)(F)F)cc4)n3)cc2)c(C)n1. The Balaban J connectivity index is 1.30. The van der Waals surface area contributed by atoms with E-state index in [1.165, 1.54) is 35.3 Å². The van der Waals surface area contributed by atoms with Crippen molar-refractivity contribution in [3.63, 3.8) is 0 Å². The van der Waals surface area contributed by atoms with Gasteiger partial charge in [-0.2, -0.15) is 0 Å². The molecule has 5 rings (SSSR count). The predicted molar refractivity (Wildman–Crippen MR) is 144 cm³/mol. The number of methoxy groups -OCH3 is 1. The van der Waals surface area contributed by atoms with E-state index in [2.05, 4.69) is 19.8 Å². The number of aryl methyl sites for hydroxylation is 2. The van der Waals surface area contributed by atoms with E-state index in [9.17, 15) is 13.2 Å². The molecule has 4 aromatic rings. The third-order valence-electron chi connectivity index (χ3n) is 6.53. The first-order chi connectivity index (χ1) is 18.5. The second-order valence-electron chi connectivity index (χ2n) is 9.21. The molecule has 1 aliphatic rings. The van der Waals surface area contributed by atoms with Crippen molar-refractivity contribution in [3.05, 3.63) is 77.7 Å². The predicted octanol–water partition coefficient (Wildman–Crippen LogP) is 5.46. The van der Waals surface area contributed by atoms with Gasteiger partial charge in [-0.05, 0) is 67.9 Å². The van der Waals surface area contributed by atoms with Gasteiger partial charge in [0.15, 0.2) is 10.9 Å². The largest absolute Gasteiger partial charge is 0.573 e. The van der Waals surface area contributed by atoms with Crippen molar-refractivity contribution in [2.75, 3.05) is 12.0 Å².